The van der Waals surface area contributed by atoms with Gasteiger partial charge in [-0.25, -0.2) is 0 Å². The summed E-state index contributed by atoms with van der Waals surface area (Å²) >= 11 is 6.22. The van der Waals surface area contributed by atoms with E-state index in [0.29, 0.717) is 10.7 Å². The summed E-state index contributed by atoms with van der Waals surface area (Å²) < 4.78 is 0. The summed E-state index contributed by atoms with van der Waals surface area (Å²) in [4.78, 5) is 0. The van der Waals surface area contributed by atoms with Gasteiger partial charge in [0.2, 0.25) is 0 Å². The molecule has 0 aromatic heterocycles. The monoisotopic (exact) mass is 257 g/mol. The molecule has 1 fully saturated rings. The average molecular weight is 258 g/mol. The predicted molar refractivity (Wildman–Crippen MR) is 77.9 cm³/mol. The Balaban J connectivity index is 1.91. The van der Waals surface area contributed by atoms with Crippen LogP contribution in [-0.2, 0) is 0 Å². The molecule has 0 spiro atoms. The van der Waals surface area contributed by atoms with Gasteiger partial charge in [0.1, 0.15) is 0 Å². The number of halogens is 1. The van der Waals surface area contributed by atoms with Gasteiger partial charge >= 0.3 is 0 Å². The van der Waals surface area contributed by atoms with E-state index in [1.807, 2.05) is 12.1 Å². The first kappa shape index (κ1) is 11.6. The van der Waals surface area contributed by atoms with Crippen LogP contribution in [0.25, 0.3) is 11.1 Å². The van der Waals surface area contributed by atoms with E-state index >= 15 is 0 Å². The molecule has 0 saturated heterocycles. The Morgan fingerprint density at radius 1 is 1.00 bits per heavy atom. The molecule has 2 N–H and O–H groups in total. The topological polar surface area (TPSA) is 26.0 Å². The Kier molecular flexibility index (Phi) is 3.00. The summed E-state index contributed by atoms with van der Waals surface area (Å²) in [5.41, 5.74) is 10.1. The fraction of sp³-hybridized carbons (Fsp3) is 0.250. The quantitative estimate of drug-likeness (QED) is 0.764. The number of nitrogens with two attached hydrogens (primary N) is 1. The molecule has 0 unspecified atom stereocenters. The van der Waals surface area contributed by atoms with Crippen molar-refractivity contribution in [3.05, 3.63) is 53.1 Å². The maximum Gasteiger partial charge on any atom is 0.0504 e. The minimum atomic E-state index is 0.704. The number of hydrogen-bond donors (Lipinski definition) is 1. The molecule has 0 bridgehead atoms. The highest BCUT2D eigenvalue weighted by Crippen LogP contribution is 2.37. The van der Waals surface area contributed by atoms with E-state index in [1.54, 1.807) is 6.07 Å². The van der Waals surface area contributed by atoms with Crippen LogP contribution < -0.4 is 5.73 Å². The van der Waals surface area contributed by atoms with Crippen molar-refractivity contribution in [1.82, 2.24) is 0 Å². The molecule has 0 aliphatic heterocycles. The molecule has 3 rings (SSSR count). The summed E-state index contributed by atoms with van der Waals surface area (Å²) in [6.07, 6.45) is 4.04. The number of nitrogen functional groups attached to an aromatic ring is 1. The molecule has 2 aromatic rings. The fourth-order valence-corrected chi connectivity index (χ4v) is 2.74. The summed E-state index contributed by atoms with van der Waals surface area (Å²) in [6, 6.07) is 14.4. The maximum absolute atomic E-state index is 6.22. The lowest BCUT2D eigenvalue weighted by Crippen LogP contribution is -2.08. The van der Waals surface area contributed by atoms with Gasteiger partial charge in [0, 0.05) is 11.3 Å². The number of benzene rings is 2. The van der Waals surface area contributed by atoms with E-state index in [0.717, 1.165) is 17.0 Å². The first-order valence-corrected chi connectivity index (χ1v) is 6.77. The first-order chi connectivity index (χ1) is 8.74. The maximum atomic E-state index is 6.22. The molecule has 2 aromatic carbocycles. The largest absolute Gasteiger partial charge is 0.399 e. The lowest BCUT2D eigenvalue weighted by atomic mass is 9.80. The van der Waals surface area contributed by atoms with Crippen molar-refractivity contribution in [3.8, 4) is 11.1 Å². The Bertz CT molecular complexity index is 556. The summed E-state index contributed by atoms with van der Waals surface area (Å²) in [5, 5.41) is 0.714. The molecule has 1 nitrogen and oxygen atoms in total. The van der Waals surface area contributed by atoms with Crippen molar-refractivity contribution >= 4 is 17.3 Å². The summed E-state index contributed by atoms with van der Waals surface area (Å²) in [7, 11) is 0. The van der Waals surface area contributed by atoms with E-state index in [4.69, 9.17) is 17.3 Å². The summed E-state index contributed by atoms with van der Waals surface area (Å²) in [5.74, 6) is 0.779. The van der Waals surface area contributed by atoms with E-state index in [9.17, 15) is 0 Å². The zero-order chi connectivity index (χ0) is 12.5. The zero-order valence-corrected chi connectivity index (χ0v) is 11.0. The molecule has 1 aliphatic carbocycles. The molecule has 18 heavy (non-hydrogen) atoms. The molecule has 2 heteroatoms. The van der Waals surface area contributed by atoms with Gasteiger partial charge in [-0.3, -0.25) is 0 Å². The van der Waals surface area contributed by atoms with Crippen LogP contribution in [0.3, 0.4) is 0 Å². The van der Waals surface area contributed by atoms with Gasteiger partial charge in [0.15, 0.2) is 0 Å². The number of rotatable bonds is 2. The van der Waals surface area contributed by atoms with E-state index < -0.39 is 0 Å². The molecule has 92 valence electrons. The lowest BCUT2D eigenvalue weighted by molar-refractivity contribution is 0.420. The number of anilines is 1. The van der Waals surface area contributed by atoms with Crippen molar-refractivity contribution < 1.29 is 0 Å². The molecule has 1 saturated carbocycles. The van der Waals surface area contributed by atoms with Crippen LogP contribution in [0.1, 0.15) is 30.7 Å². The van der Waals surface area contributed by atoms with Gasteiger partial charge in [-0.2, -0.15) is 0 Å². The van der Waals surface area contributed by atoms with Gasteiger partial charge in [-0.05, 0) is 42.0 Å². The molecule has 0 atom stereocenters. The van der Waals surface area contributed by atoms with Gasteiger partial charge in [0.05, 0.1) is 5.02 Å². The lowest BCUT2D eigenvalue weighted by Gasteiger charge is -2.25. The SMILES string of the molecule is Nc1ccc(-c2ccc(C3CCC3)cc2)c(Cl)c1. The van der Waals surface area contributed by atoms with Gasteiger partial charge in [-0.15, -0.1) is 0 Å². The molecular formula is C16H16ClN. The third-order valence-corrected chi connectivity index (χ3v) is 4.10. The van der Waals surface area contributed by atoms with Gasteiger partial charge in [0.25, 0.3) is 0 Å². The van der Waals surface area contributed by atoms with Crippen LogP contribution in [-0.4, -0.2) is 0 Å². The zero-order valence-electron chi connectivity index (χ0n) is 10.2. The molecule has 0 radical (unpaired) electrons. The second kappa shape index (κ2) is 4.66. The molecule has 0 amide bonds. The van der Waals surface area contributed by atoms with Crippen molar-refractivity contribution in [2.45, 2.75) is 25.2 Å². The Morgan fingerprint density at radius 2 is 1.72 bits per heavy atom. The smallest absolute Gasteiger partial charge is 0.0504 e. The van der Waals surface area contributed by atoms with Crippen LogP contribution >= 0.6 is 11.6 Å². The van der Waals surface area contributed by atoms with Crippen LogP contribution in [0.15, 0.2) is 42.5 Å². The average Bonchev–Trinajstić information content (AvgIpc) is 2.28. The minimum absolute atomic E-state index is 0.704. The molecule has 0 heterocycles. The van der Waals surface area contributed by atoms with Crippen LogP contribution in [0.4, 0.5) is 5.69 Å². The summed E-state index contributed by atoms with van der Waals surface area (Å²) in [6.45, 7) is 0. The molecule has 1 aliphatic rings. The first-order valence-electron chi connectivity index (χ1n) is 6.39. The van der Waals surface area contributed by atoms with E-state index in [1.165, 1.54) is 24.8 Å². The molecular weight excluding hydrogens is 242 g/mol. The Labute approximate surface area is 113 Å². The highest BCUT2D eigenvalue weighted by molar-refractivity contribution is 6.33. The fourth-order valence-electron chi connectivity index (χ4n) is 2.44. The second-order valence-corrected chi connectivity index (χ2v) is 5.40. The predicted octanol–water partition coefficient (Wildman–Crippen LogP) is 4.86. The van der Waals surface area contributed by atoms with Crippen molar-refractivity contribution in [3.63, 3.8) is 0 Å². The third-order valence-electron chi connectivity index (χ3n) is 3.79. The standard InChI is InChI=1S/C16H16ClN/c17-16-10-14(18)8-9-15(16)13-6-4-12(5-7-13)11-2-1-3-11/h4-11H,1-3,18H2. The normalized spacial score (nSPS) is 15.4. The van der Waals surface area contributed by atoms with Crippen LogP contribution in [0.2, 0.25) is 5.02 Å². The van der Waals surface area contributed by atoms with Crippen molar-refractivity contribution in [2.24, 2.45) is 0 Å². The Morgan fingerprint density at radius 3 is 2.28 bits per heavy atom. The highest BCUT2D eigenvalue weighted by atomic mass is 35.5. The van der Waals surface area contributed by atoms with Gasteiger partial charge < -0.3 is 5.73 Å². The second-order valence-electron chi connectivity index (χ2n) is 4.99. The Hall–Kier alpha value is -1.47. The van der Waals surface area contributed by atoms with Gasteiger partial charge in [-0.1, -0.05) is 48.4 Å². The van der Waals surface area contributed by atoms with E-state index in [2.05, 4.69) is 24.3 Å². The number of hydrogen-bond acceptors (Lipinski definition) is 1. The van der Waals surface area contributed by atoms with Crippen LogP contribution in [0, 0.1) is 0 Å². The third kappa shape index (κ3) is 2.11. The van der Waals surface area contributed by atoms with Crippen molar-refractivity contribution in [1.29, 1.82) is 0 Å². The highest BCUT2D eigenvalue weighted by Gasteiger charge is 2.19. The van der Waals surface area contributed by atoms with Crippen LogP contribution in [0.5, 0.6) is 0 Å². The van der Waals surface area contributed by atoms with E-state index in [-0.39, 0.29) is 0 Å². The van der Waals surface area contributed by atoms with Crippen molar-refractivity contribution in [2.75, 3.05) is 5.73 Å². The minimum Gasteiger partial charge on any atom is -0.399 e.